The molecule has 0 aromatic heterocycles. The Kier molecular flexibility index (Phi) is 6.39. The Labute approximate surface area is 219 Å². The van der Waals surface area contributed by atoms with Gasteiger partial charge in [-0.1, -0.05) is 33.8 Å². The smallest absolute Gasteiger partial charge is 0.301 e. The summed E-state index contributed by atoms with van der Waals surface area (Å²) < 4.78 is 0. The number of hydrogen-bond donors (Lipinski definition) is 5. The molecular weight excluding hydrogens is 488 g/mol. The third-order valence-corrected chi connectivity index (χ3v) is 7.25. The molecule has 4 aromatic rings. The highest BCUT2D eigenvalue weighted by molar-refractivity contribution is 6.14. The lowest BCUT2D eigenvalue weighted by molar-refractivity contribution is 0.111. The molecule has 7 N–H and O–H groups in total. The molecule has 0 spiro atoms. The molecule has 8 heteroatoms. The van der Waals surface area contributed by atoms with Crippen molar-refractivity contribution < 1.29 is 40.2 Å². The maximum Gasteiger partial charge on any atom is 0.301 e. The van der Waals surface area contributed by atoms with Crippen molar-refractivity contribution in [3.05, 3.63) is 45.5 Å². The second-order valence-corrected chi connectivity index (χ2v) is 10.3. The lowest BCUT2D eigenvalue weighted by Crippen LogP contribution is -2.01. The number of rotatable bonds is 5. The van der Waals surface area contributed by atoms with Gasteiger partial charge in [0.25, 0.3) is 0 Å². The summed E-state index contributed by atoms with van der Waals surface area (Å²) in [5, 5.41) is 64.4. The maximum atomic E-state index is 12.0. The summed E-state index contributed by atoms with van der Waals surface area (Å²) in [5.74, 6) is -3.09. The number of fused-ring (bicyclic) bond motifs is 2. The van der Waals surface area contributed by atoms with E-state index in [-0.39, 0.29) is 56.4 Å². The van der Waals surface area contributed by atoms with Crippen LogP contribution in [0.1, 0.15) is 82.5 Å². The highest BCUT2D eigenvalue weighted by Crippen LogP contribution is 2.54. The van der Waals surface area contributed by atoms with Gasteiger partial charge >= 0.3 is 5.75 Å². The molecule has 198 valence electrons. The molecule has 0 radical (unpaired) electrons. The first-order valence-electron chi connectivity index (χ1n) is 12.2. The second kappa shape index (κ2) is 9.13. The molecule has 0 aliphatic carbocycles. The van der Waals surface area contributed by atoms with E-state index < -0.39 is 23.0 Å². The van der Waals surface area contributed by atoms with Crippen molar-refractivity contribution >= 4 is 34.1 Å². The number of aldehydes is 2. The number of phenolic OH excluding ortho intramolecular Hbond substituents is 5. The maximum absolute atomic E-state index is 12.0. The van der Waals surface area contributed by atoms with Crippen molar-refractivity contribution in [1.82, 2.24) is 0 Å². The first-order chi connectivity index (χ1) is 17.8. The van der Waals surface area contributed by atoms with Crippen LogP contribution in [-0.4, -0.2) is 43.2 Å². The number of hydrogen-bond acceptors (Lipinski definition) is 7. The Morgan fingerprint density at radius 1 is 0.632 bits per heavy atom. The predicted octanol–water partition coefficient (Wildman–Crippen LogP) is 6.11. The highest BCUT2D eigenvalue weighted by atomic mass is 16.3. The largest absolute Gasteiger partial charge is 0.590 e. The Morgan fingerprint density at radius 2 is 1.03 bits per heavy atom. The van der Waals surface area contributed by atoms with Gasteiger partial charge in [0, 0.05) is 27.5 Å². The Morgan fingerprint density at radius 3 is 1.42 bits per heavy atom. The number of phenols is 5. The monoisotopic (exact) mass is 519 g/mol. The van der Waals surface area contributed by atoms with Crippen LogP contribution in [0.5, 0.6) is 34.5 Å². The van der Waals surface area contributed by atoms with Crippen molar-refractivity contribution in [2.45, 2.75) is 53.4 Å². The van der Waals surface area contributed by atoms with Gasteiger partial charge in [-0.2, -0.15) is 0 Å². The predicted molar refractivity (Wildman–Crippen MR) is 147 cm³/mol. The Bertz CT molecular complexity index is 1550. The third-order valence-electron chi connectivity index (χ3n) is 7.25. The second-order valence-electron chi connectivity index (χ2n) is 10.3. The summed E-state index contributed by atoms with van der Waals surface area (Å²) in [4.78, 5) is 24.0. The molecule has 0 saturated carbocycles. The van der Waals surface area contributed by atoms with Crippen LogP contribution in [0, 0.1) is 13.8 Å². The summed E-state index contributed by atoms with van der Waals surface area (Å²) in [6.07, 6.45) is 0.729. The van der Waals surface area contributed by atoms with Crippen molar-refractivity contribution in [2.75, 3.05) is 0 Å². The van der Waals surface area contributed by atoms with Crippen molar-refractivity contribution in [3.63, 3.8) is 0 Å². The van der Waals surface area contributed by atoms with E-state index >= 15 is 0 Å². The highest BCUT2D eigenvalue weighted by Gasteiger charge is 2.30. The SMILES string of the molecule is Cc1cc2c(C(C)C)c(O)c(O)c(C=O)c2c(O)c1-c1c(C)cc2c(C(C)C)c([OH2+])c(O)c(C=O)c2c1O. The summed E-state index contributed by atoms with van der Waals surface area (Å²) in [7, 11) is 0. The summed E-state index contributed by atoms with van der Waals surface area (Å²) in [6, 6.07) is 3.36. The zero-order valence-electron chi connectivity index (χ0n) is 22.0. The van der Waals surface area contributed by atoms with E-state index in [2.05, 4.69) is 0 Å². The molecule has 0 aliphatic heterocycles. The Hall–Kier alpha value is -4.46. The van der Waals surface area contributed by atoms with Gasteiger partial charge in [0.2, 0.25) is 5.75 Å². The third kappa shape index (κ3) is 3.51. The zero-order valence-corrected chi connectivity index (χ0v) is 22.0. The topological polar surface area (TPSA) is 158 Å². The Balaban J connectivity index is 2.27. The summed E-state index contributed by atoms with van der Waals surface area (Å²) >= 11 is 0. The van der Waals surface area contributed by atoms with Gasteiger partial charge in [-0.3, -0.25) is 9.59 Å². The van der Waals surface area contributed by atoms with Gasteiger partial charge in [-0.05, 0) is 53.6 Å². The van der Waals surface area contributed by atoms with Crippen molar-refractivity contribution in [2.24, 2.45) is 0 Å². The molecule has 0 bridgehead atoms. The fourth-order valence-electron chi connectivity index (χ4n) is 5.63. The molecule has 8 nitrogen and oxygen atoms in total. The van der Waals surface area contributed by atoms with Gasteiger partial charge in [-0.25, -0.2) is 0 Å². The lowest BCUT2D eigenvalue weighted by atomic mass is 9.83. The summed E-state index contributed by atoms with van der Waals surface area (Å²) in [5.41, 5.74) is 1.60. The minimum atomic E-state index is -0.654. The van der Waals surface area contributed by atoms with E-state index in [1.54, 1.807) is 39.8 Å². The molecule has 0 amide bonds. The van der Waals surface area contributed by atoms with E-state index in [4.69, 9.17) is 5.11 Å². The van der Waals surface area contributed by atoms with Gasteiger partial charge in [0.1, 0.15) is 11.5 Å². The van der Waals surface area contributed by atoms with Crippen LogP contribution in [0.15, 0.2) is 12.1 Å². The van der Waals surface area contributed by atoms with Crippen LogP contribution in [-0.2, 0) is 0 Å². The molecule has 0 fully saturated rings. The van der Waals surface area contributed by atoms with Crippen LogP contribution in [0.2, 0.25) is 0 Å². The number of carbonyl (C=O) groups is 2. The first kappa shape index (κ1) is 26.6. The van der Waals surface area contributed by atoms with Crippen LogP contribution < -0.4 is 0 Å². The van der Waals surface area contributed by atoms with Crippen molar-refractivity contribution in [3.8, 4) is 45.6 Å². The normalized spacial score (nSPS) is 11.7. The van der Waals surface area contributed by atoms with E-state index in [0.29, 0.717) is 45.6 Å². The van der Waals surface area contributed by atoms with Gasteiger partial charge in [0.05, 0.1) is 16.7 Å². The fraction of sp³-hybridized carbons (Fsp3) is 0.267. The van der Waals surface area contributed by atoms with Gasteiger partial charge < -0.3 is 30.6 Å². The van der Waals surface area contributed by atoms with E-state index in [9.17, 15) is 35.1 Å². The van der Waals surface area contributed by atoms with Crippen LogP contribution >= 0.6 is 0 Å². The van der Waals surface area contributed by atoms with Gasteiger partial charge in [-0.15, -0.1) is 0 Å². The summed E-state index contributed by atoms with van der Waals surface area (Å²) in [6.45, 7) is 10.7. The standard InChI is InChI=1S/C30H30O8/c1-11(2)19-15-7-13(5)21(27(35)23(15)17(9-31)25(33)29(19)37)22-14(6)8-16-20(12(3)4)30(38)26(34)18(10-32)24(16)28(22)36/h7-12,33-38H,1-6H3/p+1. The molecule has 38 heavy (non-hydrogen) atoms. The molecule has 0 unspecified atom stereocenters. The molecular formula is C30H31O8+. The number of aryl methyl sites for hydroxylation is 2. The minimum absolute atomic E-state index is 0.0151. The number of aromatic hydroxyl groups is 5. The van der Waals surface area contributed by atoms with Crippen molar-refractivity contribution in [1.29, 1.82) is 0 Å². The molecule has 0 aliphatic rings. The van der Waals surface area contributed by atoms with E-state index in [1.165, 1.54) is 0 Å². The molecule has 4 rings (SSSR count). The first-order valence-corrected chi connectivity index (χ1v) is 12.2. The number of carbonyl (C=O) groups excluding carboxylic acids is 2. The average molecular weight is 520 g/mol. The molecule has 0 saturated heterocycles. The van der Waals surface area contributed by atoms with E-state index in [1.807, 2.05) is 13.8 Å². The average Bonchev–Trinajstić information content (AvgIpc) is 2.83. The number of benzene rings is 4. The van der Waals surface area contributed by atoms with E-state index in [0.717, 1.165) is 0 Å². The fourth-order valence-corrected chi connectivity index (χ4v) is 5.63. The lowest BCUT2D eigenvalue weighted by Gasteiger charge is -2.22. The van der Waals surface area contributed by atoms with Gasteiger partial charge in [0.15, 0.2) is 24.1 Å². The minimum Gasteiger partial charge on any atom is -0.590 e. The van der Waals surface area contributed by atoms with Crippen LogP contribution in [0.3, 0.4) is 0 Å². The van der Waals surface area contributed by atoms with Crippen LogP contribution in [0.4, 0.5) is 0 Å². The molecule has 4 aromatic carbocycles. The molecule has 0 heterocycles. The van der Waals surface area contributed by atoms with Crippen LogP contribution in [0.25, 0.3) is 32.7 Å². The molecule has 0 atom stereocenters. The zero-order chi connectivity index (χ0) is 28.4. The quantitative estimate of drug-likeness (QED) is 0.121.